The molecule has 1 heteroatoms. The highest BCUT2D eigenvalue weighted by atomic mass is 16.1. The van der Waals surface area contributed by atoms with Crippen molar-refractivity contribution in [3.05, 3.63) is 0 Å². The Morgan fingerprint density at radius 2 is 1.81 bits per heavy atom. The molecule has 4 saturated carbocycles. The molecule has 2 bridgehead atoms. The van der Waals surface area contributed by atoms with Gasteiger partial charge in [0.25, 0.3) is 0 Å². The minimum Gasteiger partial charge on any atom is -0.299 e. The average molecular weight is 220 g/mol. The lowest BCUT2D eigenvalue weighted by molar-refractivity contribution is -0.179. The minimum absolute atomic E-state index is 0.0243. The summed E-state index contributed by atoms with van der Waals surface area (Å²) in [5, 5.41) is 0. The maximum Gasteiger partial charge on any atom is 0.139 e. The van der Waals surface area contributed by atoms with Crippen molar-refractivity contribution in [1.82, 2.24) is 0 Å². The first-order chi connectivity index (χ1) is 7.34. The van der Waals surface area contributed by atoms with Gasteiger partial charge in [-0.05, 0) is 48.3 Å². The average Bonchev–Trinajstić information content (AvgIpc) is 2.51. The zero-order valence-corrected chi connectivity index (χ0v) is 11.1. The Labute approximate surface area is 99.0 Å². The molecule has 0 aromatic heterocycles. The predicted octanol–water partition coefficient (Wildman–Crippen LogP) is 3.82. The fourth-order valence-corrected chi connectivity index (χ4v) is 5.40. The lowest BCUT2D eigenvalue weighted by Gasteiger charge is -2.64. The van der Waals surface area contributed by atoms with Crippen LogP contribution < -0.4 is 0 Å². The lowest BCUT2D eigenvalue weighted by Crippen LogP contribution is -2.62. The summed E-state index contributed by atoms with van der Waals surface area (Å²) in [4.78, 5) is 12.5. The third-order valence-electron chi connectivity index (χ3n) is 7.05. The first-order valence-electron chi connectivity index (χ1n) is 6.88. The van der Waals surface area contributed by atoms with Crippen molar-refractivity contribution in [2.24, 2.45) is 28.1 Å². The van der Waals surface area contributed by atoms with Gasteiger partial charge >= 0.3 is 0 Å². The van der Waals surface area contributed by atoms with Crippen LogP contribution in [0.3, 0.4) is 0 Å². The van der Waals surface area contributed by atoms with Crippen LogP contribution in [0.5, 0.6) is 0 Å². The Morgan fingerprint density at radius 1 is 1.12 bits per heavy atom. The lowest BCUT2D eigenvalue weighted by atomic mass is 9.39. The van der Waals surface area contributed by atoms with Crippen molar-refractivity contribution < 1.29 is 4.79 Å². The van der Waals surface area contributed by atoms with Crippen LogP contribution in [0.15, 0.2) is 0 Å². The molecular weight excluding hydrogens is 196 g/mol. The number of Topliss-reactive ketones (excluding diaryl/α,β-unsaturated/α-hetero) is 1. The van der Waals surface area contributed by atoms with Crippen LogP contribution in [0.25, 0.3) is 0 Å². The summed E-state index contributed by atoms with van der Waals surface area (Å²) in [7, 11) is 0. The molecule has 1 nitrogen and oxygen atoms in total. The quantitative estimate of drug-likeness (QED) is 0.606. The van der Waals surface area contributed by atoms with E-state index in [1.54, 1.807) is 0 Å². The fourth-order valence-electron chi connectivity index (χ4n) is 5.40. The summed E-state index contributed by atoms with van der Waals surface area (Å²) in [6.07, 6.45) is 6.04. The third-order valence-corrected chi connectivity index (χ3v) is 7.05. The zero-order valence-electron chi connectivity index (χ0n) is 11.1. The molecule has 16 heavy (non-hydrogen) atoms. The van der Waals surface area contributed by atoms with E-state index in [4.69, 9.17) is 0 Å². The first kappa shape index (κ1) is 10.8. The van der Waals surface area contributed by atoms with Gasteiger partial charge in [0.2, 0.25) is 0 Å². The van der Waals surface area contributed by atoms with Crippen LogP contribution >= 0.6 is 0 Å². The van der Waals surface area contributed by atoms with Gasteiger partial charge in [-0.3, -0.25) is 4.79 Å². The van der Waals surface area contributed by atoms with E-state index in [-0.39, 0.29) is 10.8 Å². The molecule has 0 radical (unpaired) electrons. The summed E-state index contributed by atoms with van der Waals surface area (Å²) >= 11 is 0. The molecule has 0 aromatic carbocycles. The Morgan fingerprint density at radius 3 is 2.44 bits per heavy atom. The summed E-state index contributed by atoms with van der Waals surface area (Å²) in [6, 6.07) is 0. The summed E-state index contributed by atoms with van der Waals surface area (Å²) < 4.78 is 0. The highest BCUT2D eigenvalue weighted by molar-refractivity contribution is 5.88. The maximum atomic E-state index is 12.5. The molecule has 4 aliphatic rings. The van der Waals surface area contributed by atoms with Crippen molar-refractivity contribution >= 4 is 5.78 Å². The second kappa shape index (κ2) is 2.73. The Bertz CT molecular complexity index is 356. The maximum absolute atomic E-state index is 12.5. The number of ketones is 1. The molecule has 4 atom stereocenters. The van der Waals surface area contributed by atoms with Crippen molar-refractivity contribution in [1.29, 1.82) is 0 Å². The monoisotopic (exact) mass is 220 g/mol. The molecule has 1 spiro atoms. The van der Waals surface area contributed by atoms with Crippen molar-refractivity contribution in [2.75, 3.05) is 0 Å². The smallest absolute Gasteiger partial charge is 0.139 e. The van der Waals surface area contributed by atoms with Crippen LogP contribution in [0.2, 0.25) is 0 Å². The SMILES string of the molecule is CC1CCC2C13CCC(C)(C(=O)C3)C2(C)C. The largest absolute Gasteiger partial charge is 0.299 e. The van der Waals surface area contributed by atoms with Crippen LogP contribution in [0.4, 0.5) is 0 Å². The molecule has 4 unspecified atom stereocenters. The normalized spacial score (nSPS) is 54.1. The fraction of sp³-hybridized carbons (Fsp3) is 0.933. The molecule has 0 heterocycles. The summed E-state index contributed by atoms with van der Waals surface area (Å²) in [5.74, 6) is 2.13. The van der Waals surface area contributed by atoms with E-state index in [0.717, 1.165) is 24.7 Å². The second-order valence-electron chi connectivity index (χ2n) is 7.42. The molecule has 0 saturated heterocycles. The highest BCUT2D eigenvalue weighted by Gasteiger charge is 2.68. The van der Waals surface area contributed by atoms with Gasteiger partial charge in [0, 0.05) is 11.8 Å². The van der Waals surface area contributed by atoms with Crippen molar-refractivity contribution in [3.8, 4) is 0 Å². The molecule has 4 rings (SSSR count). The number of fused-ring (bicyclic) bond motifs is 2. The predicted molar refractivity (Wildman–Crippen MR) is 65.1 cm³/mol. The summed E-state index contributed by atoms with van der Waals surface area (Å²) in [5.41, 5.74) is 0.590. The topological polar surface area (TPSA) is 17.1 Å². The molecule has 4 fully saturated rings. The van der Waals surface area contributed by atoms with E-state index in [1.165, 1.54) is 19.3 Å². The molecule has 0 N–H and O–H groups in total. The van der Waals surface area contributed by atoms with Gasteiger partial charge in [-0.25, -0.2) is 0 Å². The minimum atomic E-state index is -0.0243. The van der Waals surface area contributed by atoms with Crippen molar-refractivity contribution in [3.63, 3.8) is 0 Å². The van der Waals surface area contributed by atoms with Gasteiger partial charge < -0.3 is 0 Å². The number of carbonyl (C=O) groups excluding carboxylic acids is 1. The van der Waals surface area contributed by atoms with Gasteiger partial charge in [-0.15, -0.1) is 0 Å². The number of hydrogen-bond donors (Lipinski definition) is 0. The Hall–Kier alpha value is -0.330. The molecule has 90 valence electrons. The number of hydrogen-bond acceptors (Lipinski definition) is 1. The van der Waals surface area contributed by atoms with E-state index in [1.807, 2.05) is 0 Å². The van der Waals surface area contributed by atoms with E-state index in [0.29, 0.717) is 11.2 Å². The zero-order chi connectivity index (χ0) is 11.8. The van der Waals surface area contributed by atoms with E-state index in [2.05, 4.69) is 27.7 Å². The second-order valence-corrected chi connectivity index (χ2v) is 7.42. The van der Waals surface area contributed by atoms with E-state index in [9.17, 15) is 4.79 Å². The van der Waals surface area contributed by atoms with Gasteiger partial charge in [-0.1, -0.05) is 27.7 Å². The van der Waals surface area contributed by atoms with E-state index >= 15 is 0 Å². The molecule has 0 aliphatic heterocycles. The Balaban J connectivity index is 2.15. The third kappa shape index (κ3) is 0.889. The van der Waals surface area contributed by atoms with Gasteiger partial charge in [0.05, 0.1) is 0 Å². The summed E-state index contributed by atoms with van der Waals surface area (Å²) in [6.45, 7) is 9.35. The van der Waals surface area contributed by atoms with Gasteiger partial charge in [0.15, 0.2) is 0 Å². The number of rotatable bonds is 0. The van der Waals surface area contributed by atoms with Gasteiger partial charge in [0.1, 0.15) is 5.78 Å². The Kier molecular flexibility index (Phi) is 1.85. The molecule has 0 amide bonds. The van der Waals surface area contributed by atoms with Crippen LogP contribution in [0.1, 0.15) is 59.8 Å². The van der Waals surface area contributed by atoms with E-state index < -0.39 is 0 Å². The van der Waals surface area contributed by atoms with Crippen LogP contribution in [0, 0.1) is 28.1 Å². The van der Waals surface area contributed by atoms with Crippen LogP contribution in [-0.2, 0) is 4.79 Å². The highest BCUT2D eigenvalue weighted by Crippen LogP contribution is 2.72. The standard InChI is InChI=1S/C15H24O/c1-10-5-6-11-13(2,3)14(4)7-8-15(10,11)9-12(14)16/h10-11H,5-9H2,1-4H3. The van der Waals surface area contributed by atoms with Gasteiger partial charge in [-0.2, -0.15) is 0 Å². The van der Waals surface area contributed by atoms with Crippen molar-refractivity contribution in [2.45, 2.75) is 59.8 Å². The number of carbonyl (C=O) groups is 1. The molecule has 0 aromatic rings. The van der Waals surface area contributed by atoms with Crippen LogP contribution in [-0.4, -0.2) is 5.78 Å². The molecule has 4 aliphatic carbocycles. The molecular formula is C15H24O. The first-order valence-corrected chi connectivity index (χ1v) is 6.88.